The Kier molecular flexibility index (Phi) is 3.86. The number of alkyl halides is 3. The standard InChI is InChI=1S/C15H15F3N2O3S/c1-9-7-20(11-4-5-24(22,23)8-11)19-14(9)12-3-2-10(6-13(12)21)15(16,17)18/h2-3,6-7,11,21H,4-5,8H2,1H3. The fourth-order valence-corrected chi connectivity index (χ4v) is 4.53. The third kappa shape index (κ3) is 3.12. The van der Waals surface area contributed by atoms with E-state index in [4.69, 9.17) is 0 Å². The summed E-state index contributed by atoms with van der Waals surface area (Å²) in [6.07, 6.45) is -2.44. The van der Waals surface area contributed by atoms with Crippen molar-refractivity contribution in [2.24, 2.45) is 0 Å². The number of aromatic hydroxyl groups is 1. The Morgan fingerprint density at radius 3 is 2.58 bits per heavy atom. The molecule has 1 aromatic heterocycles. The van der Waals surface area contributed by atoms with Gasteiger partial charge in [0, 0.05) is 11.8 Å². The van der Waals surface area contributed by atoms with Crippen LogP contribution in [0.5, 0.6) is 5.75 Å². The van der Waals surface area contributed by atoms with Crippen LogP contribution < -0.4 is 0 Å². The molecule has 1 atom stereocenters. The predicted octanol–water partition coefficient (Wildman–Crippen LogP) is 2.94. The van der Waals surface area contributed by atoms with E-state index in [9.17, 15) is 26.7 Å². The van der Waals surface area contributed by atoms with Gasteiger partial charge in [-0.25, -0.2) is 8.42 Å². The predicted molar refractivity (Wildman–Crippen MR) is 81.4 cm³/mol. The van der Waals surface area contributed by atoms with Gasteiger partial charge in [-0.05, 0) is 37.1 Å². The molecule has 1 aromatic carbocycles. The monoisotopic (exact) mass is 360 g/mol. The third-order valence-electron chi connectivity index (χ3n) is 4.08. The van der Waals surface area contributed by atoms with Crippen molar-refractivity contribution in [1.82, 2.24) is 9.78 Å². The van der Waals surface area contributed by atoms with E-state index in [0.717, 1.165) is 6.07 Å². The highest BCUT2D eigenvalue weighted by molar-refractivity contribution is 7.91. The van der Waals surface area contributed by atoms with Crippen LogP contribution in [0.4, 0.5) is 13.2 Å². The fourth-order valence-electron chi connectivity index (χ4n) is 2.83. The van der Waals surface area contributed by atoms with E-state index < -0.39 is 27.3 Å². The summed E-state index contributed by atoms with van der Waals surface area (Å²) < 4.78 is 62.7. The summed E-state index contributed by atoms with van der Waals surface area (Å²) in [5.41, 5.74) is 0.225. The van der Waals surface area contributed by atoms with Crippen molar-refractivity contribution in [1.29, 1.82) is 0 Å². The number of sulfone groups is 1. The molecule has 0 saturated carbocycles. The van der Waals surface area contributed by atoms with Crippen LogP contribution in [0.15, 0.2) is 24.4 Å². The number of nitrogens with zero attached hydrogens (tertiary/aromatic N) is 2. The number of rotatable bonds is 2. The van der Waals surface area contributed by atoms with Crippen molar-refractivity contribution in [3.63, 3.8) is 0 Å². The Morgan fingerprint density at radius 2 is 2.04 bits per heavy atom. The van der Waals surface area contributed by atoms with Crippen LogP contribution in [-0.4, -0.2) is 34.8 Å². The summed E-state index contributed by atoms with van der Waals surface area (Å²) in [7, 11) is -3.08. The molecular weight excluding hydrogens is 345 g/mol. The second-order valence-electron chi connectivity index (χ2n) is 5.93. The summed E-state index contributed by atoms with van der Waals surface area (Å²) in [5.74, 6) is -0.429. The number of hydrogen-bond donors (Lipinski definition) is 1. The molecule has 1 aliphatic rings. The van der Waals surface area contributed by atoms with Crippen molar-refractivity contribution in [3.05, 3.63) is 35.5 Å². The maximum absolute atomic E-state index is 12.7. The average molecular weight is 360 g/mol. The van der Waals surface area contributed by atoms with Crippen LogP contribution in [0, 0.1) is 6.92 Å². The number of aryl methyl sites for hydroxylation is 1. The van der Waals surface area contributed by atoms with Gasteiger partial charge in [-0.1, -0.05) is 0 Å². The lowest BCUT2D eigenvalue weighted by Gasteiger charge is -2.10. The zero-order chi connectivity index (χ0) is 17.7. The van der Waals surface area contributed by atoms with Gasteiger partial charge in [-0.3, -0.25) is 4.68 Å². The molecule has 9 heteroatoms. The SMILES string of the molecule is Cc1cn(C2CCS(=O)(=O)C2)nc1-c1ccc(C(F)(F)F)cc1O. The summed E-state index contributed by atoms with van der Waals surface area (Å²) >= 11 is 0. The minimum Gasteiger partial charge on any atom is -0.507 e. The molecule has 1 aliphatic heterocycles. The highest BCUT2D eigenvalue weighted by Crippen LogP contribution is 2.37. The lowest BCUT2D eigenvalue weighted by Crippen LogP contribution is -2.11. The lowest BCUT2D eigenvalue weighted by atomic mass is 10.1. The fraction of sp³-hybridized carbons (Fsp3) is 0.400. The largest absolute Gasteiger partial charge is 0.507 e. The van der Waals surface area contributed by atoms with E-state index in [1.165, 1.54) is 10.7 Å². The molecule has 0 bridgehead atoms. The lowest BCUT2D eigenvalue weighted by molar-refractivity contribution is -0.137. The van der Waals surface area contributed by atoms with E-state index in [1.807, 2.05) is 0 Å². The van der Waals surface area contributed by atoms with Gasteiger partial charge in [0.2, 0.25) is 0 Å². The van der Waals surface area contributed by atoms with Crippen LogP contribution in [-0.2, 0) is 16.0 Å². The van der Waals surface area contributed by atoms with E-state index >= 15 is 0 Å². The first-order valence-electron chi connectivity index (χ1n) is 7.23. The number of aromatic nitrogens is 2. The van der Waals surface area contributed by atoms with Crippen LogP contribution >= 0.6 is 0 Å². The van der Waals surface area contributed by atoms with Crippen molar-refractivity contribution in [2.75, 3.05) is 11.5 Å². The zero-order valence-electron chi connectivity index (χ0n) is 12.7. The minimum absolute atomic E-state index is 0.00739. The molecule has 1 N–H and O–H groups in total. The van der Waals surface area contributed by atoms with E-state index in [-0.39, 0.29) is 23.1 Å². The molecule has 3 rings (SSSR count). The molecular formula is C15H15F3N2O3S. The number of halogens is 3. The molecule has 2 heterocycles. The first-order valence-corrected chi connectivity index (χ1v) is 9.06. The second-order valence-corrected chi connectivity index (χ2v) is 8.16. The summed E-state index contributed by atoms with van der Waals surface area (Å²) in [4.78, 5) is 0. The van der Waals surface area contributed by atoms with Crippen molar-refractivity contribution >= 4 is 9.84 Å². The first kappa shape index (κ1) is 16.8. The zero-order valence-corrected chi connectivity index (χ0v) is 13.5. The molecule has 0 spiro atoms. The molecule has 0 aliphatic carbocycles. The number of benzene rings is 1. The van der Waals surface area contributed by atoms with Gasteiger partial charge in [0.05, 0.1) is 28.8 Å². The molecule has 2 aromatic rings. The van der Waals surface area contributed by atoms with Gasteiger partial charge >= 0.3 is 6.18 Å². The van der Waals surface area contributed by atoms with Gasteiger partial charge in [-0.2, -0.15) is 18.3 Å². The van der Waals surface area contributed by atoms with Crippen LogP contribution in [0.3, 0.4) is 0 Å². The second kappa shape index (κ2) is 5.51. The molecule has 0 radical (unpaired) electrons. The quantitative estimate of drug-likeness (QED) is 0.894. The van der Waals surface area contributed by atoms with Crippen molar-refractivity contribution in [3.8, 4) is 17.0 Å². The number of phenolic OH excluding ortho intramolecular Hbond substituents is 1. The van der Waals surface area contributed by atoms with Gasteiger partial charge in [0.15, 0.2) is 9.84 Å². The van der Waals surface area contributed by atoms with Crippen LogP contribution in [0.2, 0.25) is 0 Å². The molecule has 5 nitrogen and oxygen atoms in total. The normalized spacial score (nSPS) is 20.4. The highest BCUT2D eigenvalue weighted by Gasteiger charge is 2.32. The highest BCUT2D eigenvalue weighted by atomic mass is 32.2. The Hall–Kier alpha value is -2.03. The molecule has 1 saturated heterocycles. The molecule has 24 heavy (non-hydrogen) atoms. The summed E-state index contributed by atoms with van der Waals surface area (Å²) in [6.45, 7) is 1.71. The molecule has 0 amide bonds. The molecule has 1 unspecified atom stereocenters. The Labute approximate surface area is 136 Å². The smallest absolute Gasteiger partial charge is 0.416 e. The number of hydrogen-bond acceptors (Lipinski definition) is 4. The van der Waals surface area contributed by atoms with Gasteiger partial charge in [-0.15, -0.1) is 0 Å². The Balaban J connectivity index is 1.96. The number of phenols is 1. The first-order chi connectivity index (χ1) is 11.1. The van der Waals surface area contributed by atoms with E-state index in [1.54, 1.807) is 13.1 Å². The maximum Gasteiger partial charge on any atom is 0.416 e. The van der Waals surface area contributed by atoms with Gasteiger partial charge < -0.3 is 5.11 Å². The molecule has 1 fully saturated rings. The Bertz CT molecular complexity index is 888. The van der Waals surface area contributed by atoms with Crippen molar-refractivity contribution in [2.45, 2.75) is 25.6 Å². The molecule has 130 valence electrons. The average Bonchev–Trinajstić information content (AvgIpc) is 3.00. The summed E-state index contributed by atoms with van der Waals surface area (Å²) in [5, 5.41) is 14.2. The Morgan fingerprint density at radius 1 is 1.33 bits per heavy atom. The minimum atomic E-state index is -4.54. The van der Waals surface area contributed by atoms with E-state index in [2.05, 4.69) is 5.10 Å². The van der Waals surface area contributed by atoms with Gasteiger partial charge in [0.25, 0.3) is 0 Å². The van der Waals surface area contributed by atoms with Crippen molar-refractivity contribution < 1.29 is 26.7 Å². The van der Waals surface area contributed by atoms with Crippen LogP contribution in [0.1, 0.15) is 23.6 Å². The topological polar surface area (TPSA) is 72.2 Å². The van der Waals surface area contributed by atoms with E-state index in [0.29, 0.717) is 23.7 Å². The third-order valence-corrected chi connectivity index (χ3v) is 5.83. The van der Waals surface area contributed by atoms with Crippen LogP contribution in [0.25, 0.3) is 11.3 Å². The van der Waals surface area contributed by atoms with Gasteiger partial charge in [0.1, 0.15) is 5.75 Å². The summed E-state index contributed by atoms with van der Waals surface area (Å²) in [6, 6.07) is 2.42. The maximum atomic E-state index is 12.7.